The van der Waals surface area contributed by atoms with Gasteiger partial charge >= 0.3 is 6.18 Å². The fourth-order valence-corrected chi connectivity index (χ4v) is 1.14. The van der Waals surface area contributed by atoms with Crippen molar-refractivity contribution in [2.45, 2.75) is 19.1 Å². The van der Waals surface area contributed by atoms with Crippen LogP contribution in [0, 0.1) is 0 Å². The van der Waals surface area contributed by atoms with Crippen LogP contribution in [0.2, 0.25) is 0 Å². The molecule has 1 rings (SSSR count). The van der Waals surface area contributed by atoms with Gasteiger partial charge in [-0.2, -0.15) is 18.3 Å². The lowest BCUT2D eigenvalue weighted by Gasteiger charge is -2.09. The van der Waals surface area contributed by atoms with Gasteiger partial charge < -0.3 is 5.32 Å². The quantitative estimate of drug-likeness (QED) is 0.804. The predicted molar refractivity (Wildman–Crippen MR) is 45.9 cm³/mol. The van der Waals surface area contributed by atoms with Crippen LogP contribution < -0.4 is 5.32 Å². The normalized spacial score (nSPS) is 12.0. The Labute approximate surface area is 79.9 Å². The summed E-state index contributed by atoms with van der Waals surface area (Å²) in [6, 6.07) is 1.60. The summed E-state index contributed by atoms with van der Waals surface area (Å²) in [7, 11) is 1.75. The summed E-state index contributed by atoms with van der Waals surface area (Å²) in [6.07, 6.45) is -2.27. The maximum Gasteiger partial charge on any atom is 0.408 e. The minimum absolute atomic E-state index is 0.548. The van der Waals surface area contributed by atoms with Crippen molar-refractivity contribution in [2.24, 2.45) is 0 Å². The van der Waals surface area contributed by atoms with Gasteiger partial charge in [0.25, 0.3) is 0 Å². The van der Waals surface area contributed by atoms with Crippen molar-refractivity contribution in [3.8, 4) is 0 Å². The molecule has 0 atom stereocenters. The van der Waals surface area contributed by atoms with E-state index in [1.807, 2.05) is 0 Å². The summed E-state index contributed by atoms with van der Waals surface area (Å²) in [5, 5.41) is 6.50. The van der Waals surface area contributed by atoms with Gasteiger partial charge in [0.2, 0.25) is 0 Å². The zero-order valence-corrected chi connectivity index (χ0v) is 7.80. The first-order valence-electron chi connectivity index (χ1n) is 4.25. The van der Waals surface area contributed by atoms with E-state index in [-0.39, 0.29) is 0 Å². The summed E-state index contributed by atoms with van der Waals surface area (Å²) in [5.41, 5.74) is 0.594. The largest absolute Gasteiger partial charge is 0.408 e. The van der Waals surface area contributed by atoms with Crippen LogP contribution in [-0.4, -0.2) is 29.5 Å². The second kappa shape index (κ2) is 4.45. The summed E-state index contributed by atoms with van der Waals surface area (Å²) in [5.74, 6) is 0. The van der Waals surface area contributed by atoms with Gasteiger partial charge in [0, 0.05) is 24.9 Å². The summed E-state index contributed by atoms with van der Waals surface area (Å²) >= 11 is 0. The third-order valence-corrected chi connectivity index (χ3v) is 1.76. The SMILES string of the molecule is CNCCc1ccnn1CC(F)(F)F. The number of hydrogen-bond donors (Lipinski definition) is 1. The number of halogens is 3. The highest BCUT2D eigenvalue weighted by Gasteiger charge is 2.29. The molecule has 80 valence electrons. The molecule has 3 nitrogen and oxygen atoms in total. The molecule has 0 aliphatic rings. The van der Waals surface area contributed by atoms with Gasteiger partial charge in [0.1, 0.15) is 6.54 Å². The van der Waals surface area contributed by atoms with E-state index in [4.69, 9.17) is 0 Å². The highest BCUT2D eigenvalue weighted by molar-refractivity contribution is 5.01. The maximum atomic E-state index is 12.0. The van der Waals surface area contributed by atoms with E-state index in [1.165, 1.54) is 6.20 Å². The van der Waals surface area contributed by atoms with Crippen molar-refractivity contribution in [3.05, 3.63) is 18.0 Å². The smallest absolute Gasteiger partial charge is 0.319 e. The lowest BCUT2D eigenvalue weighted by Crippen LogP contribution is -2.21. The van der Waals surface area contributed by atoms with Gasteiger partial charge in [-0.3, -0.25) is 4.68 Å². The molecule has 0 saturated carbocycles. The number of aromatic nitrogens is 2. The molecule has 1 aromatic rings. The van der Waals surface area contributed by atoms with Crippen LogP contribution in [0.25, 0.3) is 0 Å². The topological polar surface area (TPSA) is 29.9 Å². The van der Waals surface area contributed by atoms with Gasteiger partial charge in [0.15, 0.2) is 0 Å². The molecular weight excluding hydrogens is 195 g/mol. The third-order valence-electron chi connectivity index (χ3n) is 1.76. The van der Waals surface area contributed by atoms with Crippen molar-refractivity contribution in [2.75, 3.05) is 13.6 Å². The van der Waals surface area contributed by atoms with E-state index in [0.29, 0.717) is 18.7 Å². The Morgan fingerprint density at radius 1 is 1.50 bits per heavy atom. The molecule has 0 fully saturated rings. The van der Waals surface area contributed by atoms with E-state index in [2.05, 4.69) is 10.4 Å². The van der Waals surface area contributed by atoms with Crippen molar-refractivity contribution in [1.29, 1.82) is 0 Å². The van der Waals surface area contributed by atoms with E-state index in [1.54, 1.807) is 13.1 Å². The lowest BCUT2D eigenvalue weighted by atomic mass is 10.3. The minimum Gasteiger partial charge on any atom is -0.319 e. The van der Waals surface area contributed by atoms with Crippen LogP contribution in [0.15, 0.2) is 12.3 Å². The molecule has 0 aliphatic heterocycles. The van der Waals surface area contributed by atoms with Crippen LogP contribution in [0.5, 0.6) is 0 Å². The Hall–Kier alpha value is -1.04. The van der Waals surface area contributed by atoms with E-state index < -0.39 is 12.7 Å². The van der Waals surface area contributed by atoms with E-state index in [0.717, 1.165) is 4.68 Å². The third kappa shape index (κ3) is 3.37. The molecule has 0 aliphatic carbocycles. The zero-order valence-electron chi connectivity index (χ0n) is 7.80. The van der Waals surface area contributed by atoms with E-state index in [9.17, 15) is 13.2 Å². The number of rotatable bonds is 4. The van der Waals surface area contributed by atoms with E-state index >= 15 is 0 Å². The first kappa shape index (κ1) is 11.0. The maximum absolute atomic E-state index is 12.0. The lowest BCUT2D eigenvalue weighted by molar-refractivity contribution is -0.143. The highest BCUT2D eigenvalue weighted by atomic mass is 19.4. The molecule has 14 heavy (non-hydrogen) atoms. The van der Waals surface area contributed by atoms with Crippen LogP contribution in [0.3, 0.4) is 0 Å². The zero-order chi connectivity index (χ0) is 10.6. The number of hydrogen-bond acceptors (Lipinski definition) is 2. The van der Waals surface area contributed by atoms with Crippen molar-refractivity contribution in [1.82, 2.24) is 15.1 Å². The Bertz CT molecular complexity index is 280. The van der Waals surface area contributed by atoms with Gasteiger partial charge in [-0.25, -0.2) is 0 Å². The fraction of sp³-hybridized carbons (Fsp3) is 0.625. The second-order valence-corrected chi connectivity index (χ2v) is 2.95. The standard InChI is InChI=1S/C8H12F3N3/c1-12-4-2-7-3-5-13-14(7)6-8(9,10)11/h3,5,12H,2,4,6H2,1H3. The summed E-state index contributed by atoms with van der Waals surface area (Å²) in [4.78, 5) is 0. The molecule has 1 heterocycles. The molecule has 1 aromatic heterocycles. The number of likely N-dealkylation sites (N-methyl/N-ethyl adjacent to an activating group) is 1. The van der Waals surface area contributed by atoms with Crippen LogP contribution in [-0.2, 0) is 13.0 Å². The average Bonchev–Trinajstić information content (AvgIpc) is 2.45. The number of nitrogens with zero attached hydrogens (tertiary/aromatic N) is 2. The second-order valence-electron chi connectivity index (χ2n) is 2.95. The molecule has 0 spiro atoms. The molecule has 0 aromatic carbocycles. The van der Waals surface area contributed by atoms with Gasteiger partial charge in [0.05, 0.1) is 0 Å². The molecule has 6 heteroatoms. The Kier molecular flexibility index (Phi) is 3.51. The molecular formula is C8H12F3N3. The van der Waals surface area contributed by atoms with Crippen molar-refractivity contribution < 1.29 is 13.2 Å². The predicted octanol–water partition coefficient (Wildman–Crippen LogP) is 1.21. The molecule has 0 unspecified atom stereocenters. The summed E-state index contributed by atoms with van der Waals surface area (Å²) < 4.78 is 37.1. The molecule has 1 N–H and O–H groups in total. The first-order chi connectivity index (χ1) is 6.53. The number of nitrogens with one attached hydrogen (secondary N) is 1. The van der Waals surface area contributed by atoms with Crippen molar-refractivity contribution in [3.63, 3.8) is 0 Å². The Morgan fingerprint density at radius 2 is 2.21 bits per heavy atom. The van der Waals surface area contributed by atoms with Crippen LogP contribution in [0.4, 0.5) is 13.2 Å². The fourth-order valence-electron chi connectivity index (χ4n) is 1.14. The number of alkyl halides is 3. The Balaban J connectivity index is 2.63. The summed E-state index contributed by atoms with van der Waals surface area (Å²) in [6.45, 7) is -0.372. The molecule has 0 saturated heterocycles. The first-order valence-corrected chi connectivity index (χ1v) is 4.25. The molecule has 0 bridgehead atoms. The van der Waals surface area contributed by atoms with Crippen molar-refractivity contribution >= 4 is 0 Å². The highest BCUT2D eigenvalue weighted by Crippen LogP contribution is 2.17. The van der Waals surface area contributed by atoms with Gasteiger partial charge in [-0.1, -0.05) is 0 Å². The monoisotopic (exact) mass is 207 g/mol. The Morgan fingerprint density at radius 3 is 2.79 bits per heavy atom. The van der Waals surface area contributed by atoms with Gasteiger partial charge in [-0.05, 0) is 13.1 Å². The molecule has 0 radical (unpaired) electrons. The van der Waals surface area contributed by atoms with Gasteiger partial charge in [-0.15, -0.1) is 0 Å². The van der Waals surface area contributed by atoms with Crippen LogP contribution >= 0.6 is 0 Å². The average molecular weight is 207 g/mol. The molecule has 0 amide bonds. The van der Waals surface area contributed by atoms with Crippen LogP contribution in [0.1, 0.15) is 5.69 Å². The minimum atomic E-state index is -4.21.